The summed E-state index contributed by atoms with van der Waals surface area (Å²) in [5.41, 5.74) is 10.4. The Morgan fingerprint density at radius 1 is 1.19 bits per heavy atom. The molecular weight excluding hydrogens is 541 g/mol. The van der Waals surface area contributed by atoms with E-state index in [0.717, 1.165) is 66.6 Å². The predicted molar refractivity (Wildman–Crippen MR) is 163 cm³/mol. The summed E-state index contributed by atoms with van der Waals surface area (Å²) in [7, 11) is 4.01. The molecule has 42 heavy (non-hydrogen) atoms. The number of benzene rings is 2. The highest BCUT2D eigenvalue weighted by Gasteiger charge is 2.38. The first-order valence-electron chi connectivity index (χ1n) is 14.4. The maximum Gasteiger partial charge on any atom is 0.418 e. The van der Waals surface area contributed by atoms with E-state index in [1.807, 2.05) is 38.4 Å². The second kappa shape index (κ2) is 12.0. The summed E-state index contributed by atoms with van der Waals surface area (Å²) in [4.78, 5) is 9.27. The van der Waals surface area contributed by atoms with E-state index in [-0.39, 0.29) is 23.0 Å². The van der Waals surface area contributed by atoms with Crippen LogP contribution in [-0.4, -0.2) is 80.0 Å². The third-order valence-corrected chi connectivity index (χ3v) is 8.32. The Morgan fingerprint density at radius 2 is 1.88 bits per heavy atom. The first kappa shape index (κ1) is 30.0. The Morgan fingerprint density at radius 3 is 2.50 bits per heavy atom. The molecule has 1 atom stereocenters. The van der Waals surface area contributed by atoms with Crippen LogP contribution >= 0.6 is 0 Å². The van der Waals surface area contributed by atoms with Gasteiger partial charge in [-0.05, 0) is 63.0 Å². The largest absolute Gasteiger partial charge is 0.418 e. The van der Waals surface area contributed by atoms with Gasteiger partial charge < -0.3 is 26.1 Å². The van der Waals surface area contributed by atoms with E-state index in [0.29, 0.717) is 42.7 Å². The molecule has 1 aliphatic carbocycles. The zero-order valence-corrected chi connectivity index (χ0v) is 24.5. The maximum atomic E-state index is 14.4. The fourth-order valence-corrected chi connectivity index (χ4v) is 6.20. The highest BCUT2D eigenvalue weighted by molar-refractivity contribution is 6.14. The second-order valence-corrected chi connectivity index (χ2v) is 11.5. The topological polar surface area (TPSA) is 90.5 Å². The number of ether oxygens (including phenoxy) is 1. The number of halogens is 3. The summed E-state index contributed by atoms with van der Waals surface area (Å²) in [5, 5.41) is 12.1. The summed E-state index contributed by atoms with van der Waals surface area (Å²) in [6.45, 7) is 10.3. The highest BCUT2D eigenvalue weighted by atomic mass is 19.4. The van der Waals surface area contributed by atoms with Gasteiger partial charge in [-0.15, -0.1) is 0 Å². The normalized spacial score (nSPS) is 17.8. The van der Waals surface area contributed by atoms with Crippen molar-refractivity contribution < 1.29 is 17.9 Å². The fraction of sp³-hybridized carbons (Fsp3) is 0.438. The van der Waals surface area contributed by atoms with Crippen LogP contribution in [0.2, 0.25) is 0 Å². The number of morpholine rings is 1. The summed E-state index contributed by atoms with van der Waals surface area (Å²) in [6, 6.07) is 8.85. The number of likely N-dealkylation sites (N-methyl/N-ethyl adjacent to an activating group) is 1. The van der Waals surface area contributed by atoms with Crippen molar-refractivity contribution in [1.82, 2.24) is 20.1 Å². The molecule has 0 bridgehead atoms. The minimum absolute atomic E-state index is 0.0426. The molecule has 1 aliphatic heterocycles. The van der Waals surface area contributed by atoms with Crippen molar-refractivity contribution in [1.29, 1.82) is 5.41 Å². The molecule has 4 N–H and O–H groups in total. The standard InChI is InChI=1S/C32H39F3N6O/c1-19(36)28-27(37)18-26(32(33,34)35)31-29(28)24-10-9-23(41-13-15-42-16-14-41)17-25(24)30(39-31)22-7-5-21(6-8-22)20(2)38-11-12-40(3)4/h5-8,18,23,36,38H,2,9-17,37H2,1,3-4H3. The summed E-state index contributed by atoms with van der Waals surface area (Å²) in [5.74, 6) is 0. The van der Waals surface area contributed by atoms with Crippen LogP contribution in [0.25, 0.3) is 27.9 Å². The molecule has 1 unspecified atom stereocenters. The number of nitrogens with one attached hydrogen (secondary N) is 2. The zero-order valence-electron chi connectivity index (χ0n) is 24.5. The summed E-state index contributed by atoms with van der Waals surface area (Å²) in [6.07, 6.45) is -2.62. The molecule has 3 aromatic rings. The van der Waals surface area contributed by atoms with Gasteiger partial charge in [-0.2, -0.15) is 13.2 Å². The molecule has 10 heteroatoms. The number of aromatic nitrogens is 1. The number of nitrogen functional groups attached to an aromatic ring is 1. The van der Waals surface area contributed by atoms with Gasteiger partial charge >= 0.3 is 6.18 Å². The molecule has 2 heterocycles. The Bertz CT molecular complexity index is 1490. The van der Waals surface area contributed by atoms with E-state index in [4.69, 9.17) is 20.9 Å². The van der Waals surface area contributed by atoms with Gasteiger partial charge in [0.05, 0.1) is 30.0 Å². The number of rotatable bonds is 8. The van der Waals surface area contributed by atoms with E-state index >= 15 is 0 Å². The van der Waals surface area contributed by atoms with Crippen molar-refractivity contribution in [2.24, 2.45) is 0 Å². The lowest BCUT2D eigenvalue weighted by molar-refractivity contribution is -0.136. The lowest BCUT2D eigenvalue weighted by Crippen LogP contribution is -2.46. The Kier molecular flexibility index (Phi) is 8.59. The predicted octanol–water partition coefficient (Wildman–Crippen LogP) is 5.20. The lowest BCUT2D eigenvalue weighted by atomic mass is 9.80. The number of hydrogen-bond donors (Lipinski definition) is 3. The van der Waals surface area contributed by atoms with Crippen molar-refractivity contribution in [3.63, 3.8) is 0 Å². The maximum absolute atomic E-state index is 14.4. The number of fused-ring (bicyclic) bond motifs is 3. The van der Waals surface area contributed by atoms with Gasteiger partial charge in [0.15, 0.2) is 0 Å². The Labute approximate surface area is 245 Å². The molecule has 2 aliphatic rings. The third-order valence-electron chi connectivity index (χ3n) is 8.32. The van der Waals surface area contributed by atoms with Crippen molar-refractivity contribution >= 4 is 28.0 Å². The highest BCUT2D eigenvalue weighted by Crippen LogP contribution is 2.44. The van der Waals surface area contributed by atoms with Crippen LogP contribution in [0.4, 0.5) is 18.9 Å². The molecule has 224 valence electrons. The smallest absolute Gasteiger partial charge is 0.398 e. The lowest BCUT2D eigenvalue weighted by Gasteiger charge is -2.38. The van der Waals surface area contributed by atoms with E-state index < -0.39 is 11.7 Å². The molecule has 7 nitrogen and oxygen atoms in total. The average Bonchev–Trinajstić information content (AvgIpc) is 2.95. The van der Waals surface area contributed by atoms with Gasteiger partial charge in [0, 0.05) is 65.8 Å². The van der Waals surface area contributed by atoms with Crippen molar-refractivity contribution in [2.75, 3.05) is 59.2 Å². The number of nitrogens with zero attached hydrogens (tertiary/aromatic N) is 3. The first-order chi connectivity index (χ1) is 20.0. The quantitative estimate of drug-likeness (QED) is 0.251. The van der Waals surface area contributed by atoms with Crippen LogP contribution in [0.1, 0.15) is 41.2 Å². The van der Waals surface area contributed by atoms with Gasteiger partial charge in [-0.25, -0.2) is 4.98 Å². The van der Waals surface area contributed by atoms with E-state index in [1.54, 1.807) is 6.92 Å². The number of nitrogens with two attached hydrogens (primary N) is 1. The summed E-state index contributed by atoms with van der Waals surface area (Å²) < 4.78 is 48.8. The van der Waals surface area contributed by atoms with Gasteiger partial charge in [0.2, 0.25) is 0 Å². The molecule has 1 saturated heterocycles. The Balaban J connectivity index is 1.66. The second-order valence-electron chi connectivity index (χ2n) is 11.5. The molecule has 1 aromatic heterocycles. The van der Waals surface area contributed by atoms with Crippen molar-refractivity contribution in [3.05, 3.63) is 64.7 Å². The minimum atomic E-state index is -4.65. The van der Waals surface area contributed by atoms with E-state index in [9.17, 15) is 13.2 Å². The molecule has 0 amide bonds. The monoisotopic (exact) mass is 580 g/mol. The first-order valence-corrected chi connectivity index (χ1v) is 14.4. The van der Waals surface area contributed by atoms with Gasteiger partial charge in [-0.3, -0.25) is 4.90 Å². The molecule has 5 rings (SSSR count). The SMILES string of the molecule is C=C(NCCN(C)C)c1ccc(-c2nc3c(C(F)(F)F)cc(N)c(C(C)=N)c3c3c2CC(N2CCOCC2)CC3)cc1. The van der Waals surface area contributed by atoms with Gasteiger partial charge in [0.1, 0.15) is 0 Å². The van der Waals surface area contributed by atoms with Crippen LogP contribution in [0.15, 0.2) is 36.9 Å². The number of aryl methyl sites for hydroxylation is 1. The average molecular weight is 581 g/mol. The van der Waals surface area contributed by atoms with Gasteiger partial charge in [0.25, 0.3) is 0 Å². The fourth-order valence-electron chi connectivity index (χ4n) is 6.20. The summed E-state index contributed by atoms with van der Waals surface area (Å²) >= 11 is 0. The van der Waals surface area contributed by atoms with Crippen molar-refractivity contribution in [2.45, 2.75) is 38.4 Å². The van der Waals surface area contributed by atoms with Crippen LogP contribution in [-0.2, 0) is 23.8 Å². The molecule has 0 spiro atoms. The number of alkyl halides is 3. The molecule has 2 aromatic carbocycles. The van der Waals surface area contributed by atoms with Crippen LogP contribution in [0, 0.1) is 5.41 Å². The third kappa shape index (κ3) is 6.02. The molecule has 0 saturated carbocycles. The Hall–Kier alpha value is -3.47. The van der Waals surface area contributed by atoms with Crippen LogP contribution in [0.5, 0.6) is 0 Å². The van der Waals surface area contributed by atoms with E-state index in [2.05, 4.69) is 21.7 Å². The molecular formula is C32H39F3N6O. The van der Waals surface area contributed by atoms with Gasteiger partial charge in [-0.1, -0.05) is 30.8 Å². The zero-order chi connectivity index (χ0) is 30.2. The van der Waals surface area contributed by atoms with Crippen molar-refractivity contribution in [3.8, 4) is 11.3 Å². The molecule has 1 fully saturated rings. The van der Waals surface area contributed by atoms with Crippen LogP contribution in [0.3, 0.4) is 0 Å². The molecule has 0 radical (unpaired) electrons. The minimum Gasteiger partial charge on any atom is -0.398 e. The number of hydrogen-bond acceptors (Lipinski definition) is 7. The van der Waals surface area contributed by atoms with Crippen LogP contribution < -0.4 is 11.1 Å². The van der Waals surface area contributed by atoms with E-state index in [1.165, 1.54) is 0 Å². The number of anilines is 1. The number of pyridine rings is 1.